The first-order chi connectivity index (χ1) is 64.3. The fourth-order valence-corrected chi connectivity index (χ4v) is 22.8. The first kappa shape index (κ1) is 74.8. The highest BCUT2D eigenvalue weighted by Gasteiger charge is 2.36. The molecule has 0 unspecified atom stereocenters. The summed E-state index contributed by atoms with van der Waals surface area (Å²) in [6, 6.07) is 168. The number of aromatic nitrogens is 6. The van der Waals surface area contributed by atoms with E-state index >= 15 is 0 Å². The van der Waals surface area contributed by atoms with Crippen LogP contribution in [0.5, 0.6) is 0 Å². The number of rotatable bonds is 9. The summed E-state index contributed by atoms with van der Waals surface area (Å²) in [5, 5.41) is 17.9. The molecule has 0 aliphatic heterocycles. The smallest absolute Gasteiger partial charge is 0.0641 e. The topological polar surface area (TPSA) is 29.6 Å². The quantitative estimate of drug-likeness (QED) is 0.138. The minimum Gasteiger partial charge on any atom is -0.309 e. The molecule has 0 radical (unpaired) electrons. The third-order valence-electron chi connectivity index (χ3n) is 27.6. The van der Waals surface area contributed by atoms with Crippen molar-refractivity contribution in [2.24, 2.45) is 0 Å². The van der Waals surface area contributed by atoms with Crippen LogP contribution >= 0.6 is 11.3 Å². The van der Waals surface area contributed by atoms with E-state index in [0.717, 1.165) is 17.1 Å². The number of benzene rings is 20. The third-order valence-corrected chi connectivity index (χ3v) is 28.7. The predicted octanol–water partition coefficient (Wildman–Crippen LogP) is 33.3. The van der Waals surface area contributed by atoms with E-state index in [-0.39, 0.29) is 5.41 Å². The number of hydrogen-bond acceptors (Lipinski definition) is 1. The van der Waals surface area contributed by atoms with Gasteiger partial charge in [-0.2, -0.15) is 0 Å². The van der Waals surface area contributed by atoms with Gasteiger partial charge in [-0.15, -0.1) is 11.3 Å². The van der Waals surface area contributed by atoms with Gasteiger partial charge in [-0.1, -0.05) is 335 Å². The first-order valence-corrected chi connectivity index (χ1v) is 45.7. The van der Waals surface area contributed by atoms with Crippen LogP contribution in [0.4, 0.5) is 0 Å². The number of nitrogens with zero attached hydrogens (tertiary/aromatic N) is 6. The number of hydrogen-bond donors (Lipinski definition) is 0. The minimum absolute atomic E-state index is 0.0715. The van der Waals surface area contributed by atoms with Gasteiger partial charge in [0.2, 0.25) is 0 Å². The highest BCUT2D eigenvalue weighted by Crippen LogP contribution is 2.52. The van der Waals surface area contributed by atoms with E-state index in [1.54, 1.807) is 0 Å². The van der Waals surface area contributed by atoms with Gasteiger partial charge in [0.25, 0.3) is 0 Å². The predicted molar refractivity (Wildman–Crippen MR) is 552 cm³/mol. The second-order valence-electron chi connectivity index (χ2n) is 34.9. The second kappa shape index (κ2) is 29.8. The van der Waals surface area contributed by atoms with Crippen molar-refractivity contribution in [2.75, 3.05) is 0 Å². The lowest BCUT2D eigenvalue weighted by molar-refractivity contribution is 0.660. The third kappa shape index (κ3) is 11.6. The molecule has 0 N–H and O–H groups in total. The van der Waals surface area contributed by atoms with Gasteiger partial charge in [0.15, 0.2) is 0 Å². The Hall–Kier alpha value is -16.6. The van der Waals surface area contributed by atoms with Gasteiger partial charge in [-0.25, -0.2) is 0 Å². The molecule has 7 aromatic heterocycles. The summed E-state index contributed by atoms with van der Waals surface area (Å²) in [5.74, 6) is 0. The molecule has 0 bridgehead atoms. The van der Waals surface area contributed by atoms with Crippen LogP contribution in [0.1, 0.15) is 25.0 Å². The summed E-state index contributed by atoms with van der Waals surface area (Å²) in [6.07, 6.45) is 0. The van der Waals surface area contributed by atoms with E-state index in [2.05, 4.69) is 502 Å². The Morgan fingerprint density at radius 1 is 0.169 bits per heavy atom. The highest BCUT2D eigenvalue weighted by molar-refractivity contribution is 7.25. The highest BCUT2D eigenvalue weighted by atomic mass is 32.1. The number of thiophene rings is 1. The Labute approximate surface area is 754 Å². The van der Waals surface area contributed by atoms with Crippen molar-refractivity contribution in [1.29, 1.82) is 0 Å². The molecule has 0 spiro atoms. The molecular weight excluding hydrogens is 1590 g/mol. The van der Waals surface area contributed by atoms with Crippen molar-refractivity contribution in [3.8, 4) is 78.6 Å². The zero-order chi connectivity index (χ0) is 85.8. The summed E-state index contributed by atoms with van der Waals surface area (Å²) in [7, 11) is 0. The Bertz CT molecular complexity index is 9220. The molecule has 0 fully saturated rings. The lowest BCUT2D eigenvalue weighted by Gasteiger charge is -2.22. The van der Waals surface area contributed by atoms with Gasteiger partial charge in [0.1, 0.15) is 0 Å². The zero-order valence-corrected chi connectivity index (χ0v) is 72.3. The normalized spacial score (nSPS) is 12.4. The molecule has 0 saturated heterocycles. The molecule has 0 saturated carbocycles. The van der Waals surface area contributed by atoms with Gasteiger partial charge < -0.3 is 27.4 Å². The molecule has 0 amide bonds. The molecule has 27 aromatic rings. The van der Waals surface area contributed by atoms with Crippen LogP contribution in [-0.4, -0.2) is 27.4 Å². The minimum atomic E-state index is -0.0715. The summed E-state index contributed by atoms with van der Waals surface area (Å²) in [4.78, 5) is 0. The van der Waals surface area contributed by atoms with Gasteiger partial charge in [0.05, 0.1) is 66.2 Å². The summed E-state index contributed by atoms with van der Waals surface area (Å²) in [5.41, 5.74) is 34.5. The summed E-state index contributed by atoms with van der Waals surface area (Å²) >= 11 is 1.87. The fourth-order valence-electron chi connectivity index (χ4n) is 21.7. The van der Waals surface area contributed by atoms with Gasteiger partial charge in [0, 0.05) is 124 Å². The van der Waals surface area contributed by atoms with Crippen molar-refractivity contribution < 1.29 is 0 Å². The summed E-state index contributed by atoms with van der Waals surface area (Å²) in [6.45, 7) is 4.73. The molecule has 7 heterocycles. The van der Waals surface area contributed by atoms with Crippen LogP contribution < -0.4 is 0 Å². The SMILES string of the molecule is CC1(C)c2ccccc2-c2ccc(-n3c4ccccc4c4ccc5c(c6ccccc6n5-c5ccc(-c6ccccc6)cc5)c43)cc21.c1ccc(-c2ccc(-n3c4ccccc4c4c3ccc3c5ccccc5n(-c5ccc6sc7ccccc7c6c5)c34)cc2)cc1.c1ccc(-c2ccc(-n3c4ccccc4c4c3ccc3c5ccccc5n(-c5ccccc5)c34)cc2)cc1. The maximum atomic E-state index is 2.52. The van der Waals surface area contributed by atoms with E-state index in [9.17, 15) is 0 Å². The molecule has 0 atom stereocenters. The van der Waals surface area contributed by atoms with Crippen molar-refractivity contribution in [2.45, 2.75) is 19.3 Å². The van der Waals surface area contributed by atoms with Crippen LogP contribution in [0.2, 0.25) is 0 Å². The maximum absolute atomic E-state index is 2.52. The Morgan fingerprint density at radius 2 is 0.454 bits per heavy atom. The van der Waals surface area contributed by atoms with E-state index in [1.165, 1.54) is 224 Å². The Kier molecular flexibility index (Phi) is 17.1. The van der Waals surface area contributed by atoms with E-state index in [4.69, 9.17) is 0 Å². The lowest BCUT2D eigenvalue weighted by Crippen LogP contribution is -2.15. The van der Waals surface area contributed by atoms with Crippen LogP contribution in [0, 0.1) is 0 Å². The zero-order valence-electron chi connectivity index (χ0n) is 71.5. The molecule has 28 rings (SSSR count). The standard InChI is InChI=1S/C45H32N2.C42H26N2S.C36H24N2/c1-45(2)38-17-9-6-14-33(38)34-25-24-32(28-39(34)45)47-40-18-10-7-15-35(40)36-26-27-42-43(44(36)47)37-16-8-11-19-41(37)46(42)31-22-20-30(21-23-31)29-12-4-3-5-13-29;1-2-10-27(11-3-1)28-18-20-29(21-19-28)43-37-16-8-5-14-34(37)41-38(43)24-23-33-31-12-4-7-15-36(31)44(42(33)41)30-22-25-40-35(26-30)32-13-6-9-17-39(32)45-40;1-3-11-25(12-4-1)26-19-21-28(22-20-26)37-33-18-10-8-16-31(33)35-34(37)24-23-30-29-15-7-9-17-32(29)38(36(30)35)27-13-5-2-6-14-27/h3-28H,1-2H3;1-26H;1-24H. The molecular formula is C123H82N6S. The molecule has 610 valence electrons. The molecule has 6 nitrogen and oxygen atoms in total. The number of fused-ring (bicyclic) bond motifs is 27. The Morgan fingerprint density at radius 3 is 0.869 bits per heavy atom. The Balaban J connectivity index is 0.000000103. The molecule has 1 aliphatic carbocycles. The summed E-state index contributed by atoms with van der Waals surface area (Å²) < 4.78 is 17.4. The van der Waals surface area contributed by atoms with E-state index in [0.29, 0.717) is 0 Å². The number of para-hydroxylation sites is 7. The average molecular weight is 1680 g/mol. The van der Waals surface area contributed by atoms with Crippen LogP contribution in [0.25, 0.3) is 230 Å². The van der Waals surface area contributed by atoms with E-state index < -0.39 is 0 Å². The largest absolute Gasteiger partial charge is 0.309 e. The molecule has 20 aromatic carbocycles. The molecule has 7 heteroatoms. The molecule has 1 aliphatic rings. The van der Waals surface area contributed by atoms with Crippen LogP contribution in [0.15, 0.2) is 461 Å². The van der Waals surface area contributed by atoms with Crippen molar-refractivity contribution >= 4 is 162 Å². The van der Waals surface area contributed by atoms with Gasteiger partial charge in [-0.05, 0) is 195 Å². The van der Waals surface area contributed by atoms with Crippen LogP contribution in [-0.2, 0) is 5.41 Å². The van der Waals surface area contributed by atoms with Crippen LogP contribution in [0.3, 0.4) is 0 Å². The second-order valence-corrected chi connectivity index (χ2v) is 36.0. The average Bonchev–Trinajstić information content (AvgIpc) is 1.56. The van der Waals surface area contributed by atoms with Gasteiger partial charge in [-0.3, -0.25) is 0 Å². The van der Waals surface area contributed by atoms with Crippen molar-refractivity contribution in [3.05, 3.63) is 472 Å². The fraction of sp³-hybridized carbons (Fsp3) is 0.0244. The van der Waals surface area contributed by atoms with Crippen molar-refractivity contribution in [3.63, 3.8) is 0 Å². The van der Waals surface area contributed by atoms with Crippen molar-refractivity contribution in [1.82, 2.24) is 27.4 Å². The van der Waals surface area contributed by atoms with E-state index in [1.807, 2.05) is 11.3 Å². The monoisotopic (exact) mass is 1670 g/mol. The lowest BCUT2D eigenvalue weighted by atomic mass is 9.82. The maximum Gasteiger partial charge on any atom is 0.0641 e. The molecule has 130 heavy (non-hydrogen) atoms. The van der Waals surface area contributed by atoms with Gasteiger partial charge >= 0.3 is 0 Å². The first-order valence-electron chi connectivity index (χ1n) is 44.9.